The van der Waals surface area contributed by atoms with Gasteiger partial charge in [0.1, 0.15) is 0 Å². The van der Waals surface area contributed by atoms with Crippen molar-refractivity contribution in [2.45, 2.75) is 20.3 Å². The number of benzene rings is 1. The second-order valence-electron chi connectivity index (χ2n) is 6.80. The first-order valence-corrected chi connectivity index (χ1v) is 8.84. The van der Waals surface area contributed by atoms with Gasteiger partial charge in [0.15, 0.2) is 11.4 Å². The summed E-state index contributed by atoms with van der Waals surface area (Å²) in [6, 6.07) is 12.9. The van der Waals surface area contributed by atoms with Gasteiger partial charge in [-0.15, -0.1) is 0 Å². The molecule has 0 fully saturated rings. The van der Waals surface area contributed by atoms with E-state index in [-0.39, 0.29) is 0 Å². The van der Waals surface area contributed by atoms with E-state index in [2.05, 4.69) is 83.6 Å². The van der Waals surface area contributed by atoms with Crippen LogP contribution in [0, 0.1) is 6.92 Å². The Labute approximate surface area is 149 Å². The van der Waals surface area contributed by atoms with Gasteiger partial charge in [-0.1, -0.05) is 29.8 Å². The third-order valence-corrected chi connectivity index (χ3v) is 4.92. The lowest BCUT2D eigenvalue weighted by molar-refractivity contribution is -0.314. The summed E-state index contributed by atoms with van der Waals surface area (Å²) >= 11 is 0. The van der Waals surface area contributed by atoms with E-state index >= 15 is 0 Å². The van der Waals surface area contributed by atoms with E-state index in [4.69, 9.17) is 5.73 Å². The zero-order valence-electron chi connectivity index (χ0n) is 14.9. The molecule has 0 unspecified atom stereocenters. The van der Waals surface area contributed by atoms with E-state index in [1.54, 1.807) is 0 Å². The second kappa shape index (κ2) is 6.38. The van der Waals surface area contributed by atoms with Crippen molar-refractivity contribution < 1.29 is 4.49 Å². The Morgan fingerprint density at radius 1 is 1.16 bits per heavy atom. The van der Waals surface area contributed by atoms with Crippen LogP contribution in [-0.2, 0) is 0 Å². The predicted octanol–water partition coefficient (Wildman–Crippen LogP) is 3.11. The van der Waals surface area contributed by atoms with Crippen molar-refractivity contribution in [1.29, 1.82) is 0 Å². The number of hydrogen-bond donors (Lipinski definition) is 1. The molecular formula is C21H23BN3+. The average molecular weight is 328 g/mol. The highest BCUT2D eigenvalue weighted by Crippen LogP contribution is 2.33. The van der Waals surface area contributed by atoms with Crippen LogP contribution in [0.15, 0.2) is 66.0 Å². The highest BCUT2D eigenvalue weighted by atomic mass is 15.1. The summed E-state index contributed by atoms with van der Waals surface area (Å²) in [5.74, 6) is 0. The maximum Gasteiger partial charge on any atom is 0.604 e. The van der Waals surface area contributed by atoms with Gasteiger partial charge < -0.3 is 10.2 Å². The molecule has 0 spiro atoms. The van der Waals surface area contributed by atoms with Gasteiger partial charge in [-0.2, -0.15) is 0 Å². The molecule has 0 amide bonds. The van der Waals surface area contributed by atoms with E-state index in [0.29, 0.717) is 6.54 Å². The highest BCUT2D eigenvalue weighted by Gasteiger charge is 2.36. The van der Waals surface area contributed by atoms with Gasteiger partial charge in [-0.3, -0.25) is 4.49 Å². The first-order chi connectivity index (χ1) is 12.2. The Hall–Kier alpha value is -2.59. The predicted molar refractivity (Wildman–Crippen MR) is 107 cm³/mol. The van der Waals surface area contributed by atoms with Gasteiger partial charge >= 0.3 is 7.55 Å². The van der Waals surface area contributed by atoms with Gasteiger partial charge in [-0.05, 0) is 56.8 Å². The van der Waals surface area contributed by atoms with E-state index < -0.39 is 0 Å². The Balaban J connectivity index is 1.78. The first-order valence-electron chi connectivity index (χ1n) is 8.84. The van der Waals surface area contributed by atoms with Gasteiger partial charge in [0.2, 0.25) is 0 Å². The molecular weight excluding hydrogens is 305 g/mol. The van der Waals surface area contributed by atoms with Crippen molar-refractivity contribution >= 4 is 24.9 Å². The molecule has 3 heterocycles. The Morgan fingerprint density at radius 3 is 2.84 bits per heavy atom. The molecule has 2 aliphatic heterocycles. The van der Waals surface area contributed by atoms with Gasteiger partial charge in [0, 0.05) is 29.0 Å². The lowest BCUT2D eigenvalue weighted by Crippen LogP contribution is -2.31. The van der Waals surface area contributed by atoms with Crippen LogP contribution in [0.2, 0.25) is 0 Å². The average Bonchev–Trinajstić information content (AvgIpc) is 3.18. The number of nitrogens with two attached hydrogens (primary N) is 1. The molecule has 3 nitrogen and oxygen atoms in total. The molecule has 2 N–H and O–H groups in total. The monoisotopic (exact) mass is 328 g/mol. The molecule has 2 aliphatic rings. The van der Waals surface area contributed by atoms with Gasteiger partial charge in [-0.25, -0.2) is 0 Å². The highest BCUT2D eigenvalue weighted by molar-refractivity contribution is 6.29. The van der Waals surface area contributed by atoms with Crippen LogP contribution in [-0.4, -0.2) is 28.8 Å². The molecule has 1 aromatic carbocycles. The van der Waals surface area contributed by atoms with E-state index in [1.165, 1.54) is 39.4 Å². The molecule has 0 aliphatic carbocycles. The number of aromatic nitrogens is 1. The minimum Gasteiger partial charge on any atom is -0.330 e. The van der Waals surface area contributed by atoms with E-state index in [0.717, 1.165) is 14.0 Å². The molecule has 124 valence electrons. The topological polar surface area (TPSA) is 34.0 Å². The molecule has 0 bridgehead atoms. The molecule has 1 aromatic heterocycles. The van der Waals surface area contributed by atoms with Crippen LogP contribution < -0.4 is 5.73 Å². The molecule has 2 aromatic rings. The number of hydrogen-bond acceptors (Lipinski definition) is 1. The summed E-state index contributed by atoms with van der Waals surface area (Å²) in [5.41, 5.74) is 15.0. The van der Waals surface area contributed by atoms with Crippen LogP contribution in [0.4, 0.5) is 0 Å². The maximum absolute atomic E-state index is 5.89. The maximum atomic E-state index is 5.89. The van der Waals surface area contributed by atoms with Crippen LogP contribution >= 0.6 is 0 Å². The van der Waals surface area contributed by atoms with E-state index in [1.807, 2.05) is 0 Å². The minimum atomic E-state index is 0.666. The molecule has 4 rings (SSSR count). The quantitative estimate of drug-likeness (QED) is 0.860. The second-order valence-corrected chi connectivity index (χ2v) is 6.80. The van der Waals surface area contributed by atoms with Crippen molar-refractivity contribution in [3.05, 3.63) is 82.8 Å². The molecule has 0 saturated heterocycles. The Kier molecular flexibility index (Phi) is 4.06. The molecule has 25 heavy (non-hydrogen) atoms. The Bertz CT molecular complexity index is 957. The number of fused-ring (bicyclic) bond motifs is 2. The standard InChI is InChI=1S/C21H23BN3/c1-15-5-3-6-17(13-15)8-9-18-14-16(2)21-19(10-11-23)20-7-4-12-24(20)22-25(18)21/h3-9,12-14,22H,10-11,23H2,1-2H3/q+1/b9-8+. The van der Waals surface area contributed by atoms with Crippen molar-refractivity contribution in [2.75, 3.05) is 6.54 Å². The molecule has 4 heteroatoms. The van der Waals surface area contributed by atoms with Crippen LogP contribution in [0.25, 0.3) is 11.6 Å². The third-order valence-electron chi connectivity index (χ3n) is 4.92. The largest absolute Gasteiger partial charge is 0.604 e. The zero-order valence-corrected chi connectivity index (χ0v) is 14.9. The molecule has 0 saturated carbocycles. The van der Waals surface area contributed by atoms with Gasteiger partial charge in [0.25, 0.3) is 0 Å². The van der Waals surface area contributed by atoms with Crippen molar-refractivity contribution in [1.82, 2.24) is 4.48 Å². The van der Waals surface area contributed by atoms with Crippen molar-refractivity contribution in [3.8, 4) is 0 Å². The van der Waals surface area contributed by atoms with Crippen LogP contribution in [0.3, 0.4) is 0 Å². The fourth-order valence-electron chi connectivity index (χ4n) is 3.83. The van der Waals surface area contributed by atoms with E-state index in [9.17, 15) is 0 Å². The lowest BCUT2D eigenvalue weighted by Gasteiger charge is -2.18. The lowest BCUT2D eigenvalue weighted by atomic mass is 9.93. The number of rotatable bonds is 4. The minimum absolute atomic E-state index is 0.666. The summed E-state index contributed by atoms with van der Waals surface area (Å²) in [7, 11) is 0.854. The van der Waals surface area contributed by atoms with Crippen LogP contribution in [0.1, 0.15) is 30.2 Å². The van der Waals surface area contributed by atoms with Gasteiger partial charge in [0.05, 0.1) is 0 Å². The van der Waals surface area contributed by atoms with Crippen molar-refractivity contribution in [3.63, 3.8) is 0 Å². The number of aryl methyl sites for hydroxylation is 1. The molecule has 0 radical (unpaired) electrons. The fraction of sp³-hybridized carbons (Fsp3) is 0.190. The fourth-order valence-corrected chi connectivity index (χ4v) is 3.83. The number of allylic oxidation sites excluding steroid dienone is 3. The molecule has 0 atom stereocenters. The van der Waals surface area contributed by atoms with Crippen LogP contribution in [0.5, 0.6) is 0 Å². The summed E-state index contributed by atoms with van der Waals surface area (Å²) in [4.78, 5) is 0. The summed E-state index contributed by atoms with van der Waals surface area (Å²) in [6.45, 7) is 4.99. The SMILES string of the molecule is CC1=CC(/C=C/c2cccc(C)c2)=[N+]2Bn3cccc3C(CCN)=C12. The normalized spacial score (nSPS) is 16.2. The zero-order chi connectivity index (χ0) is 17.4. The summed E-state index contributed by atoms with van der Waals surface area (Å²) < 4.78 is 4.71. The summed E-state index contributed by atoms with van der Waals surface area (Å²) in [5, 5.41) is 0. The summed E-state index contributed by atoms with van der Waals surface area (Å²) in [6.07, 6.45) is 9.75. The third kappa shape index (κ3) is 2.83. The number of nitrogens with zero attached hydrogens (tertiary/aromatic N) is 2. The smallest absolute Gasteiger partial charge is 0.330 e. The first kappa shape index (κ1) is 15.9. The Morgan fingerprint density at radius 2 is 2.04 bits per heavy atom. The van der Waals surface area contributed by atoms with Crippen molar-refractivity contribution in [2.24, 2.45) is 5.73 Å².